The topological polar surface area (TPSA) is 63.2 Å². The third-order valence-electron chi connectivity index (χ3n) is 3.49. The monoisotopic (exact) mass is 313 g/mol. The predicted molar refractivity (Wildman–Crippen MR) is 91.6 cm³/mol. The Labute approximate surface area is 137 Å². The summed E-state index contributed by atoms with van der Waals surface area (Å²) in [6.45, 7) is 6.28. The van der Waals surface area contributed by atoms with Crippen LogP contribution in [0.5, 0.6) is 5.88 Å². The molecule has 1 aromatic heterocycles. The molecule has 0 aliphatic carbocycles. The molecule has 122 valence electrons. The number of carbonyl (C=O) groups is 1. The lowest BCUT2D eigenvalue weighted by molar-refractivity contribution is 0.229. The van der Waals surface area contributed by atoms with Crippen LogP contribution in [0.15, 0.2) is 48.7 Å². The van der Waals surface area contributed by atoms with Crippen LogP contribution in [0.4, 0.5) is 10.5 Å². The molecule has 2 N–H and O–H groups in total. The summed E-state index contributed by atoms with van der Waals surface area (Å²) in [5.41, 5.74) is 1.47. The summed E-state index contributed by atoms with van der Waals surface area (Å²) in [5.74, 6) is 0.384. The SMILES string of the molecule is COc1ncccc1NC(=O)NC(c1ccccc1)C(C)(C)C. The number of hydrogen-bond acceptors (Lipinski definition) is 3. The number of anilines is 1. The van der Waals surface area contributed by atoms with Crippen LogP contribution in [0, 0.1) is 5.41 Å². The Hall–Kier alpha value is -2.56. The molecule has 5 heteroatoms. The van der Waals surface area contributed by atoms with E-state index in [2.05, 4.69) is 36.4 Å². The molecule has 2 aromatic rings. The lowest BCUT2D eigenvalue weighted by Crippen LogP contribution is -2.39. The second kappa shape index (κ2) is 7.13. The van der Waals surface area contributed by atoms with Gasteiger partial charge in [0.15, 0.2) is 0 Å². The second-order valence-electron chi connectivity index (χ2n) is 6.37. The number of hydrogen-bond donors (Lipinski definition) is 2. The number of nitrogens with one attached hydrogen (secondary N) is 2. The van der Waals surface area contributed by atoms with Gasteiger partial charge in [0.2, 0.25) is 5.88 Å². The van der Waals surface area contributed by atoms with E-state index in [4.69, 9.17) is 4.74 Å². The van der Waals surface area contributed by atoms with Gasteiger partial charge in [0.25, 0.3) is 0 Å². The molecule has 2 rings (SSSR count). The van der Waals surface area contributed by atoms with Gasteiger partial charge in [0.05, 0.1) is 13.2 Å². The van der Waals surface area contributed by atoms with Gasteiger partial charge >= 0.3 is 6.03 Å². The zero-order valence-electron chi connectivity index (χ0n) is 14.0. The van der Waals surface area contributed by atoms with Gasteiger partial charge in [-0.05, 0) is 23.1 Å². The number of amides is 2. The first-order valence-electron chi connectivity index (χ1n) is 7.53. The van der Waals surface area contributed by atoms with Gasteiger partial charge in [0, 0.05) is 6.20 Å². The van der Waals surface area contributed by atoms with E-state index < -0.39 is 0 Å². The van der Waals surface area contributed by atoms with Crippen LogP contribution < -0.4 is 15.4 Å². The standard InChI is InChI=1S/C18H23N3O2/c1-18(2,3)15(13-9-6-5-7-10-13)21-17(22)20-14-11-8-12-19-16(14)23-4/h5-12,15H,1-4H3,(H2,20,21,22). The number of carbonyl (C=O) groups excluding carboxylic acids is 1. The van der Waals surface area contributed by atoms with Crippen LogP contribution >= 0.6 is 0 Å². The van der Waals surface area contributed by atoms with Crippen molar-refractivity contribution in [3.8, 4) is 5.88 Å². The van der Waals surface area contributed by atoms with Crippen LogP contribution in [0.1, 0.15) is 32.4 Å². The molecule has 0 radical (unpaired) electrons. The number of pyridine rings is 1. The maximum atomic E-state index is 12.4. The van der Waals surface area contributed by atoms with E-state index in [0.29, 0.717) is 11.6 Å². The minimum atomic E-state index is -0.292. The number of aromatic nitrogens is 1. The van der Waals surface area contributed by atoms with Gasteiger partial charge in [-0.25, -0.2) is 9.78 Å². The number of rotatable bonds is 4. The van der Waals surface area contributed by atoms with E-state index in [-0.39, 0.29) is 17.5 Å². The maximum Gasteiger partial charge on any atom is 0.319 e. The number of benzene rings is 1. The van der Waals surface area contributed by atoms with Gasteiger partial charge in [-0.3, -0.25) is 0 Å². The van der Waals surface area contributed by atoms with Crippen molar-refractivity contribution in [1.29, 1.82) is 0 Å². The molecule has 0 spiro atoms. The van der Waals surface area contributed by atoms with Crippen molar-refractivity contribution in [2.75, 3.05) is 12.4 Å². The summed E-state index contributed by atoms with van der Waals surface area (Å²) in [6.07, 6.45) is 1.61. The van der Waals surface area contributed by atoms with Crippen molar-refractivity contribution in [3.63, 3.8) is 0 Å². The average molecular weight is 313 g/mol. The van der Waals surface area contributed by atoms with Gasteiger partial charge < -0.3 is 15.4 Å². The highest BCUT2D eigenvalue weighted by Crippen LogP contribution is 2.32. The minimum absolute atomic E-state index is 0.119. The van der Waals surface area contributed by atoms with E-state index >= 15 is 0 Å². The molecular formula is C18H23N3O2. The van der Waals surface area contributed by atoms with E-state index in [1.165, 1.54) is 7.11 Å². The van der Waals surface area contributed by atoms with Gasteiger partial charge in [-0.2, -0.15) is 0 Å². The van der Waals surface area contributed by atoms with Crippen LogP contribution in [-0.4, -0.2) is 18.1 Å². The zero-order valence-corrected chi connectivity index (χ0v) is 14.0. The Kier molecular flexibility index (Phi) is 5.21. The van der Waals surface area contributed by atoms with E-state index in [1.807, 2.05) is 30.3 Å². The number of methoxy groups -OCH3 is 1. The average Bonchev–Trinajstić information content (AvgIpc) is 2.53. The maximum absolute atomic E-state index is 12.4. The van der Waals surface area contributed by atoms with E-state index in [1.54, 1.807) is 18.3 Å². The molecule has 0 saturated carbocycles. The van der Waals surface area contributed by atoms with Crippen LogP contribution in [0.25, 0.3) is 0 Å². The summed E-state index contributed by atoms with van der Waals surface area (Å²) in [7, 11) is 1.52. The van der Waals surface area contributed by atoms with E-state index in [0.717, 1.165) is 5.56 Å². The molecule has 1 aromatic carbocycles. The number of nitrogens with zero attached hydrogens (tertiary/aromatic N) is 1. The molecule has 0 aliphatic rings. The molecule has 23 heavy (non-hydrogen) atoms. The molecule has 0 saturated heterocycles. The summed E-state index contributed by atoms with van der Waals surface area (Å²) >= 11 is 0. The highest BCUT2D eigenvalue weighted by Gasteiger charge is 2.28. The molecule has 0 aliphatic heterocycles. The quantitative estimate of drug-likeness (QED) is 0.897. The van der Waals surface area contributed by atoms with Crippen LogP contribution in [0.2, 0.25) is 0 Å². The van der Waals surface area contributed by atoms with Gasteiger partial charge in [-0.1, -0.05) is 51.1 Å². The highest BCUT2D eigenvalue weighted by molar-refractivity contribution is 5.90. The van der Waals surface area contributed by atoms with Gasteiger partial charge in [-0.15, -0.1) is 0 Å². The first kappa shape index (κ1) is 16.8. The molecule has 1 atom stereocenters. The molecular weight excluding hydrogens is 290 g/mol. The lowest BCUT2D eigenvalue weighted by atomic mass is 9.82. The van der Waals surface area contributed by atoms with Crippen molar-refractivity contribution in [1.82, 2.24) is 10.3 Å². The van der Waals surface area contributed by atoms with Gasteiger partial charge in [0.1, 0.15) is 5.69 Å². The van der Waals surface area contributed by atoms with Crippen molar-refractivity contribution in [2.45, 2.75) is 26.8 Å². The number of ether oxygens (including phenoxy) is 1. The second-order valence-corrected chi connectivity index (χ2v) is 6.37. The largest absolute Gasteiger partial charge is 0.480 e. The Balaban J connectivity index is 2.15. The summed E-state index contributed by atoms with van der Waals surface area (Å²) in [5, 5.41) is 5.84. The minimum Gasteiger partial charge on any atom is -0.480 e. The van der Waals surface area contributed by atoms with Crippen molar-refractivity contribution in [3.05, 3.63) is 54.2 Å². The molecule has 1 unspecified atom stereocenters. The normalized spacial score (nSPS) is 12.3. The molecule has 2 amide bonds. The highest BCUT2D eigenvalue weighted by atomic mass is 16.5. The molecule has 0 fully saturated rings. The fourth-order valence-corrected chi connectivity index (χ4v) is 2.38. The first-order chi connectivity index (χ1) is 10.9. The number of urea groups is 1. The van der Waals surface area contributed by atoms with Crippen LogP contribution in [-0.2, 0) is 0 Å². The fourth-order valence-electron chi connectivity index (χ4n) is 2.38. The molecule has 5 nitrogen and oxygen atoms in total. The Morgan fingerprint density at radius 2 is 1.83 bits per heavy atom. The van der Waals surface area contributed by atoms with Crippen molar-refractivity contribution >= 4 is 11.7 Å². The van der Waals surface area contributed by atoms with Crippen molar-refractivity contribution < 1.29 is 9.53 Å². The summed E-state index contributed by atoms with van der Waals surface area (Å²) in [6, 6.07) is 13.0. The van der Waals surface area contributed by atoms with Crippen molar-refractivity contribution in [2.24, 2.45) is 5.41 Å². The summed E-state index contributed by atoms with van der Waals surface area (Å²) in [4.78, 5) is 16.5. The molecule has 0 bridgehead atoms. The van der Waals surface area contributed by atoms with E-state index in [9.17, 15) is 4.79 Å². The Bertz CT molecular complexity index is 651. The third-order valence-corrected chi connectivity index (χ3v) is 3.49. The summed E-state index contributed by atoms with van der Waals surface area (Å²) < 4.78 is 5.15. The first-order valence-corrected chi connectivity index (χ1v) is 7.53. The lowest BCUT2D eigenvalue weighted by Gasteiger charge is -2.32. The third kappa shape index (κ3) is 4.45. The zero-order chi connectivity index (χ0) is 16.9. The molecule has 1 heterocycles. The Morgan fingerprint density at radius 1 is 1.13 bits per heavy atom. The fraction of sp³-hybridized carbons (Fsp3) is 0.333. The van der Waals surface area contributed by atoms with Crippen LogP contribution in [0.3, 0.4) is 0 Å². The Morgan fingerprint density at radius 3 is 2.43 bits per heavy atom. The predicted octanol–water partition coefficient (Wildman–Crippen LogP) is 4.00. The smallest absolute Gasteiger partial charge is 0.319 e.